The summed E-state index contributed by atoms with van der Waals surface area (Å²) in [7, 11) is 0. The minimum absolute atomic E-state index is 0.214. The van der Waals surface area contributed by atoms with E-state index in [1.807, 2.05) is 31.2 Å². The van der Waals surface area contributed by atoms with Crippen LogP contribution in [0.2, 0.25) is 0 Å². The number of amides is 1. The number of aromatic nitrogens is 3. The predicted octanol–water partition coefficient (Wildman–Crippen LogP) is 1.63. The topological polar surface area (TPSA) is 91.9 Å². The monoisotopic (exact) mass is 317 g/mol. The molecule has 0 saturated heterocycles. The molecule has 1 aromatic carbocycles. The second kappa shape index (κ2) is 5.57. The summed E-state index contributed by atoms with van der Waals surface area (Å²) in [6.07, 6.45) is 0. The summed E-state index contributed by atoms with van der Waals surface area (Å²) >= 11 is 1.24. The summed E-state index contributed by atoms with van der Waals surface area (Å²) in [6, 6.07) is 7.60. The first-order valence-electron chi connectivity index (χ1n) is 6.48. The molecule has 0 atom stereocenters. The highest BCUT2D eigenvalue weighted by atomic mass is 32.1. The van der Waals surface area contributed by atoms with Crippen LogP contribution in [0.3, 0.4) is 0 Å². The van der Waals surface area contributed by atoms with Crippen molar-refractivity contribution in [3.05, 3.63) is 45.6 Å². The van der Waals surface area contributed by atoms with Gasteiger partial charge in [-0.05, 0) is 16.9 Å². The van der Waals surface area contributed by atoms with Crippen molar-refractivity contribution < 1.29 is 14.0 Å². The average Bonchev–Trinajstić information content (AvgIpc) is 3.05. The third-order valence-corrected chi connectivity index (χ3v) is 3.73. The molecule has 22 heavy (non-hydrogen) atoms. The largest absolute Gasteiger partial charge is 0.437 e. The van der Waals surface area contributed by atoms with E-state index >= 15 is 0 Å². The van der Waals surface area contributed by atoms with E-state index in [1.165, 1.54) is 22.9 Å². The van der Waals surface area contributed by atoms with Crippen molar-refractivity contribution >= 4 is 22.4 Å². The highest BCUT2D eigenvalue weighted by molar-refractivity contribution is 7.14. The first kappa shape index (κ1) is 14.2. The number of hydrogen-bond donors (Lipinski definition) is 2. The summed E-state index contributed by atoms with van der Waals surface area (Å²) in [5.74, 6) is -0.214. The van der Waals surface area contributed by atoms with Gasteiger partial charge in [0, 0.05) is 24.4 Å². The van der Waals surface area contributed by atoms with E-state index in [-0.39, 0.29) is 11.6 Å². The van der Waals surface area contributed by atoms with Crippen LogP contribution < -0.4 is 15.6 Å². The van der Waals surface area contributed by atoms with Crippen LogP contribution in [-0.2, 0) is 4.79 Å². The zero-order valence-electron chi connectivity index (χ0n) is 11.9. The number of benzene rings is 1. The molecule has 3 aromatic rings. The first-order chi connectivity index (χ1) is 10.5. The van der Waals surface area contributed by atoms with Crippen molar-refractivity contribution in [2.45, 2.75) is 13.8 Å². The lowest BCUT2D eigenvalue weighted by Gasteiger charge is -1.94. The quantitative estimate of drug-likeness (QED) is 0.718. The molecule has 2 aromatic heterocycles. The molecule has 0 radical (unpaired) electrons. The van der Waals surface area contributed by atoms with Crippen molar-refractivity contribution in [3.63, 3.8) is 0 Å². The fraction of sp³-hybridized carbons (Fsp3) is 0.143. The number of carbonyl (C=O) groups excluding carboxylic acids is 1. The Balaban J connectivity index is 2.06. The standard InChI is InChI=1S/C14H12N4O3S/c1-8-3-5-10(6-4-8)18-12(13(20)21-17-18)11-7-22-14(16-11)15-9(2)19/h3-7H,1-2H3,(H-,15,16,17,19,20)/p+1. The molecule has 0 aliphatic rings. The van der Waals surface area contributed by atoms with E-state index in [9.17, 15) is 9.59 Å². The molecule has 0 aliphatic carbocycles. The number of nitrogens with zero attached hydrogens (tertiary/aromatic N) is 2. The Morgan fingerprint density at radius 3 is 2.77 bits per heavy atom. The van der Waals surface area contributed by atoms with Crippen LogP contribution in [0.1, 0.15) is 12.5 Å². The zero-order chi connectivity index (χ0) is 15.7. The number of thiazole rings is 1. The molecule has 2 N–H and O–H groups in total. The van der Waals surface area contributed by atoms with Crippen LogP contribution in [-0.4, -0.2) is 16.2 Å². The van der Waals surface area contributed by atoms with Crippen molar-refractivity contribution in [1.29, 1.82) is 0 Å². The van der Waals surface area contributed by atoms with Crippen molar-refractivity contribution in [3.8, 4) is 17.1 Å². The van der Waals surface area contributed by atoms with Crippen LogP contribution in [0, 0.1) is 6.92 Å². The molecule has 7 nitrogen and oxygen atoms in total. The van der Waals surface area contributed by atoms with Crippen molar-refractivity contribution in [2.75, 3.05) is 5.32 Å². The highest BCUT2D eigenvalue weighted by Gasteiger charge is 2.27. The van der Waals surface area contributed by atoms with E-state index in [0.717, 1.165) is 11.3 Å². The summed E-state index contributed by atoms with van der Waals surface area (Å²) in [5.41, 5.74) is 2.04. The average molecular weight is 317 g/mol. The highest BCUT2D eigenvalue weighted by Crippen LogP contribution is 2.21. The molecular weight excluding hydrogens is 304 g/mol. The van der Waals surface area contributed by atoms with Crippen molar-refractivity contribution in [2.24, 2.45) is 0 Å². The minimum atomic E-state index is -0.528. The third kappa shape index (κ3) is 2.68. The van der Waals surface area contributed by atoms with Gasteiger partial charge in [0.25, 0.3) is 0 Å². The number of aryl methyl sites for hydroxylation is 1. The predicted molar refractivity (Wildman–Crippen MR) is 81.0 cm³/mol. The van der Waals surface area contributed by atoms with Gasteiger partial charge < -0.3 is 5.32 Å². The van der Waals surface area contributed by atoms with E-state index in [2.05, 4.69) is 15.6 Å². The second-order valence-corrected chi connectivity index (χ2v) is 5.58. The van der Waals surface area contributed by atoms with E-state index in [4.69, 9.17) is 4.52 Å². The fourth-order valence-corrected chi connectivity index (χ4v) is 2.70. The van der Waals surface area contributed by atoms with Crippen LogP contribution in [0.5, 0.6) is 0 Å². The molecular formula is C14H13N4O3S+. The van der Waals surface area contributed by atoms with Gasteiger partial charge in [0.2, 0.25) is 11.6 Å². The van der Waals surface area contributed by atoms with Gasteiger partial charge in [0.15, 0.2) is 10.8 Å². The first-order valence-corrected chi connectivity index (χ1v) is 7.36. The van der Waals surface area contributed by atoms with Gasteiger partial charge in [0.05, 0.1) is 0 Å². The zero-order valence-corrected chi connectivity index (χ0v) is 12.7. The Bertz CT molecular complexity index is 876. The number of hydrogen-bond acceptors (Lipinski definition) is 5. The van der Waals surface area contributed by atoms with E-state index < -0.39 is 5.63 Å². The molecule has 112 valence electrons. The van der Waals surface area contributed by atoms with Crippen LogP contribution in [0.25, 0.3) is 17.1 Å². The number of nitrogens with one attached hydrogen (secondary N) is 2. The minimum Gasteiger partial charge on any atom is -0.302 e. The molecule has 0 saturated carbocycles. The molecule has 0 unspecified atom stereocenters. The van der Waals surface area contributed by atoms with E-state index in [0.29, 0.717) is 10.8 Å². The summed E-state index contributed by atoms with van der Waals surface area (Å²) in [6.45, 7) is 3.38. The van der Waals surface area contributed by atoms with E-state index in [1.54, 1.807) is 5.38 Å². The van der Waals surface area contributed by atoms with Gasteiger partial charge in [-0.15, -0.1) is 11.3 Å². The molecule has 8 heteroatoms. The lowest BCUT2D eigenvalue weighted by Crippen LogP contribution is -2.36. The summed E-state index contributed by atoms with van der Waals surface area (Å²) in [5, 5.41) is 7.27. The Labute approximate surface area is 129 Å². The maximum Gasteiger partial charge on any atom is 0.437 e. The third-order valence-electron chi connectivity index (χ3n) is 2.97. The van der Waals surface area contributed by atoms with Gasteiger partial charge in [-0.3, -0.25) is 9.32 Å². The second-order valence-electron chi connectivity index (χ2n) is 4.72. The lowest BCUT2D eigenvalue weighted by atomic mass is 10.2. The molecule has 3 rings (SSSR count). The van der Waals surface area contributed by atoms with Gasteiger partial charge in [-0.25, -0.2) is 9.78 Å². The molecule has 1 amide bonds. The van der Waals surface area contributed by atoms with Gasteiger partial charge in [0.1, 0.15) is 0 Å². The van der Waals surface area contributed by atoms with Crippen LogP contribution >= 0.6 is 11.3 Å². The molecule has 0 aliphatic heterocycles. The van der Waals surface area contributed by atoms with Crippen LogP contribution in [0.4, 0.5) is 5.13 Å². The number of H-pyrrole nitrogens is 1. The Kier molecular flexibility index (Phi) is 3.60. The molecule has 0 spiro atoms. The summed E-state index contributed by atoms with van der Waals surface area (Å²) < 4.78 is 6.41. The maximum atomic E-state index is 12.0. The normalized spacial score (nSPS) is 10.6. The molecule has 2 heterocycles. The number of aromatic amines is 1. The van der Waals surface area contributed by atoms with Crippen LogP contribution in [0.15, 0.2) is 39.0 Å². The Morgan fingerprint density at radius 1 is 1.36 bits per heavy atom. The van der Waals surface area contributed by atoms with Gasteiger partial charge in [-0.2, -0.15) is 0 Å². The Morgan fingerprint density at radius 2 is 2.09 bits per heavy atom. The Hall–Kier alpha value is -2.74. The SMILES string of the molecule is CC(=O)Nc1nc(-c2c(=O)o[nH][n+]2-c2ccc(C)cc2)cs1. The number of anilines is 1. The smallest absolute Gasteiger partial charge is 0.302 e. The molecule has 0 fully saturated rings. The fourth-order valence-electron chi connectivity index (χ4n) is 1.96. The van der Waals surface area contributed by atoms with Gasteiger partial charge >= 0.3 is 11.3 Å². The van der Waals surface area contributed by atoms with Crippen molar-refractivity contribution in [1.82, 2.24) is 10.3 Å². The summed E-state index contributed by atoms with van der Waals surface area (Å²) in [4.78, 5) is 27.3. The maximum absolute atomic E-state index is 12.0. The number of carbonyl (C=O) groups is 1. The molecule has 0 bridgehead atoms. The van der Waals surface area contributed by atoms with Gasteiger partial charge in [-0.1, -0.05) is 17.7 Å². The lowest BCUT2D eigenvalue weighted by molar-refractivity contribution is -0.660. The number of rotatable bonds is 3.